The van der Waals surface area contributed by atoms with Gasteiger partial charge in [0, 0.05) is 38.2 Å². The van der Waals surface area contributed by atoms with Gasteiger partial charge in [-0.3, -0.25) is 0 Å². The number of aromatic nitrogens is 1. The van der Waals surface area contributed by atoms with Crippen LogP contribution in [0.25, 0.3) is 0 Å². The molecule has 1 aromatic heterocycles. The third-order valence-corrected chi connectivity index (χ3v) is 4.81. The number of anilines is 1. The normalized spacial score (nSPS) is 14.9. The van der Waals surface area contributed by atoms with Gasteiger partial charge in [0.15, 0.2) is 5.13 Å². The molecule has 0 unspecified atom stereocenters. The number of nitrogens with zero attached hydrogens (tertiary/aromatic N) is 3. The summed E-state index contributed by atoms with van der Waals surface area (Å²) < 4.78 is 5.29. The van der Waals surface area contributed by atoms with Crippen LogP contribution < -0.4 is 10.2 Å². The van der Waals surface area contributed by atoms with Crippen molar-refractivity contribution in [1.29, 1.82) is 0 Å². The van der Waals surface area contributed by atoms with Crippen LogP contribution >= 0.6 is 11.3 Å². The van der Waals surface area contributed by atoms with E-state index in [1.54, 1.807) is 18.4 Å². The van der Waals surface area contributed by atoms with Gasteiger partial charge in [0.25, 0.3) is 0 Å². The van der Waals surface area contributed by atoms with Crippen molar-refractivity contribution in [3.8, 4) is 0 Å². The minimum atomic E-state index is 0.601. The van der Waals surface area contributed by atoms with Crippen molar-refractivity contribution in [3.63, 3.8) is 0 Å². The summed E-state index contributed by atoms with van der Waals surface area (Å²) in [5.41, 5.74) is 1.09. The minimum absolute atomic E-state index is 0.601. The molecular weight excluding hydrogens is 284 g/mol. The molecule has 0 aliphatic heterocycles. The van der Waals surface area contributed by atoms with Gasteiger partial charge in [0.1, 0.15) is 0 Å². The number of nitrogens with one attached hydrogen (secondary N) is 1. The van der Waals surface area contributed by atoms with Gasteiger partial charge < -0.3 is 19.9 Å². The molecule has 5 nitrogen and oxygen atoms in total. The van der Waals surface area contributed by atoms with Crippen LogP contribution in [0.4, 0.5) is 5.13 Å². The molecule has 0 amide bonds. The van der Waals surface area contributed by atoms with Gasteiger partial charge in [0.2, 0.25) is 0 Å². The molecule has 1 aliphatic carbocycles. The zero-order chi connectivity index (χ0) is 15.2. The Hall–Kier alpha value is -0.690. The molecule has 0 spiro atoms. The zero-order valence-corrected chi connectivity index (χ0v) is 14.5. The van der Waals surface area contributed by atoms with Crippen LogP contribution in [-0.4, -0.2) is 57.3 Å². The molecular formula is C15H28N4OS. The van der Waals surface area contributed by atoms with E-state index in [2.05, 4.69) is 36.3 Å². The van der Waals surface area contributed by atoms with E-state index >= 15 is 0 Å². The Morgan fingerprint density at radius 1 is 1.29 bits per heavy atom. The van der Waals surface area contributed by atoms with E-state index in [4.69, 9.17) is 9.72 Å². The van der Waals surface area contributed by atoms with E-state index in [0.717, 1.165) is 42.9 Å². The summed E-state index contributed by atoms with van der Waals surface area (Å²) in [6, 6.07) is 0.726. The third kappa shape index (κ3) is 5.54. The summed E-state index contributed by atoms with van der Waals surface area (Å²) in [5, 5.41) is 4.68. The van der Waals surface area contributed by atoms with Crippen LogP contribution in [-0.2, 0) is 17.9 Å². The molecule has 1 heterocycles. The monoisotopic (exact) mass is 312 g/mol. The van der Waals surface area contributed by atoms with E-state index in [9.17, 15) is 0 Å². The topological polar surface area (TPSA) is 40.6 Å². The second kappa shape index (κ2) is 8.08. The molecule has 2 rings (SSSR count). The smallest absolute Gasteiger partial charge is 0.185 e. The molecule has 1 fully saturated rings. The van der Waals surface area contributed by atoms with Gasteiger partial charge in [-0.1, -0.05) is 0 Å². The Balaban J connectivity index is 1.92. The maximum atomic E-state index is 5.29. The van der Waals surface area contributed by atoms with Gasteiger partial charge in [-0.2, -0.15) is 0 Å². The molecule has 1 N–H and O–H groups in total. The predicted octanol–water partition coefficient (Wildman–Crippen LogP) is 1.93. The standard InChI is InChI=1S/C15H28N4OS/c1-18(2)8-5-9-19(3)15-17-13(11-20-4)14(21-15)10-16-12-6-7-12/h12,16H,5-11H2,1-4H3. The predicted molar refractivity (Wildman–Crippen MR) is 89.1 cm³/mol. The summed E-state index contributed by atoms with van der Waals surface area (Å²) in [7, 11) is 8.09. The second-order valence-corrected chi connectivity index (χ2v) is 7.09. The lowest BCUT2D eigenvalue weighted by Crippen LogP contribution is -2.23. The highest BCUT2D eigenvalue weighted by atomic mass is 32.1. The van der Waals surface area contributed by atoms with E-state index in [1.807, 2.05) is 0 Å². The molecule has 0 bridgehead atoms. The lowest BCUT2D eigenvalue weighted by Gasteiger charge is -2.17. The van der Waals surface area contributed by atoms with Gasteiger partial charge in [-0.05, 0) is 39.9 Å². The Kier molecular flexibility index (Phi) is 6.41. The molecule has 1 aromatic rings. The largest absolute Gasteiger partial charge is 0.378 e. The van der Waals surface area contributed by atoms with Crippen molar-refractivity contribution < 1.29 is 4.74 Å². The molecule has 1 aliphatic rings. The Morgan fingerprint density at radius 2 is 2.05 bits per heavy atom. The fourth-order valence-corrected chi connectivity index (χ4v) is 3.17. The lowest BCUT2D eigenvalue weighted by molar-refractivity contribution is 0.181. The number of hydrogen-bond acceptors (Lipinski definition) is 6. The van der Waals surface area contributed by atoms with Crippen LogP contribution in [0, 0.1) is 0 Å². The van der Waals surface area contributed by atoms with Gasteiger partial charge in [-0.25, -0.2) is 4.98 Å². The van der Waals surface area contributed by atoms with Crippen LogP contribution in [0.15, 0.2) is 0 Å². The third-order valence-electron chi connectivity index (χ3n) is 3.60. The van der Waals surface area contributed by atoms with Crippen molar-refractivity contribution >= 4 is 16.5 Å². The second-order valence-electron chi connectivity index (χ2n) is 6.03. The average Bonchev–Trinajstić information content (AvgIpc) is 3.17. The number of rotatable bonds is 10. The van der Waals surface area contributed by atoms with Crippen LogP contribution in [0.1, 0.15) is 29.8 Å². The Labute approximate surface area is 132 Å². The SMILES string of the molecule is COCc1nc(N(C)CCCN(C)C)sc1CNC1CC1. The highest BCUT2D eigenvalue weighted by molar-refractivity contribution is 7.15. The first-order valence-electron chi connectivity index (χ1n) is 7.67. The lowest BCUT2D eigenvalue weighted by atomic mass is 10.3. The molecule has 1 saturated carbocycles. The molecule has 120 valence electrons. The van der Waals surface area contributed by atoms with Gasteiger partial charge in [0.05, 0.1) is 12.3 Å². The first-order chi connectivity index (χ1) is 10.1. The molecule has 0 radical (unpaired) electrons. The van der Waals surface area contributed by atoms with E-state index in [-0.39, 0.29) is 0 Å². The number of methoxy groups -OCH3 is 1. The fourth-order valence-electron chi connectivity index (χ4n) is 2.16. The average molecular weight is 312 g/mol. The Bertz CT molecular complexity index is 431. The number of hydrogen-bond donors (Lipinski definition) is 1. The molecule has 0 saturated heterocycles. The van der Waals surface area contributed by atoms with Crippen LogP contribution in [0.2, 0.25) is 0 Å². The maximum Gasteiger partial charge on any atom is 0.185 e. The summed E-state index contributed by atoms with van der Waals surface area (Å²) in [6.07, 6.45) is 3.78. The minimum Gasteiger partial charge on any atom is -0.378 e. The van der Waals surface area contributed by atoms with E-state index < -0.39 is 0 Å². The molecule has 0 aromatic carbocycles. The maximum absolute atomic E-state index is 5.29. The summed E-state index contributed by atoms with van der Waals surface area (Å²) in [6.45, 7) is 3.67. The van der Waals surface area contributed by atoms with Crippen molar-refractivity contribution in [3.05, 3.63) is 10.6 Å². The van der Waals surface area contributed by atoms with Gasteiger partial charge >= 0.3 is 0 Å². The van der Waals surface area contributed by atoms with Crippen LogP contribution in [0.5, 0.6) is 0 Å². The zero-order valence-electron chi connectivity index (χ0n) is 13.7. The van der Waals surface area contributed by atoms with E-state index in [1.165, 1.54) is 17.7 Å². The number of ether oxygens (including phenoxy) is 1. The molecule has 0 atom stereocenters. The van der Waals surface area contributed by atoms with E-state index in [0.29, 0.717) is 6.61 Å². The summed E-state index contributed by atoms with van der Waals surface area (Å²) in [4.78, 5) is 10.6. The highest BCUT2D eigenvalue weighted by Gasteiger charge is 2.22. The van der Waals surface area contributed by atoms with Crippen molar-refractivity contribution in [2.75, 3.05) is 46.2 Å². The summed E-state index contributed by atoms with van der Waals surface area (Å²) in [5.74, 6) is 0. The highest BCUT2D eigenvalue weighted by Crippen LogP contribution is 2.28. The summed E-state index contributed by atoms with van der Waals surface area (Å²) >= 11 is 1.79. The van der Waals surface area contributed by atoms with Crippen molar-refractivity contribution in [2.45, 2.75) is 38.5 Å². The first-order valence-corrected chi connectivity index (χ1v) is 8.48. The quantitative estimate of drug-likeness (QED) is 0.715. The molecule has 21 heavy (non-hydrogen) atoms. The van der Waals surface area contributed by atoms with Crippen molar-refractivity contribution in [2.24, 2.45) is 0 Å². The first kappa shape index (κ1) is 16.7. The Morgan fingerprint density at radius 3 is 2.67 bits per heavy atom. The molecule has 6 heteroatoms. The van der Waals surface area contributed by atoms with Gasteiger partial charge in [-0.15, -0.1) is 11.3 Å². The fraction of sp³-hybridized carbons (Fsp3) is 0.800. The van der Waals surface area contributed by atoms with Crippen molar-refractivity contribution in [1.82, 2.24) is 15.2 Å². The number of thiazole rings is 1. The van der Waals surface area contributed by atoms with Crippen LogP contribution in [0.3, 0.4) is 0 Å².